The molecule has 20 nitrogen and oxygen atoms in total. The summed E-state index contributed by atoms with van der Waals surface area (Å²) >= 11 is 0. The Morgan fingerprint density at radius 1 is 0.938 bits per heavy atom. The Morgan fingerprint density at radius 3 is 2.38 bits per heavy atom. The zero-order valence-corrected chi connectivity index (χ0v) is 37.0. The number of aromatic nitrogens is 2. The van der Waals surface area contributed by atoms with Gasteiger partial charge in [-0.3, -0.25) is 34.1 Å². The highest BCUT2D eigenvalue weighted by atomic mass is 16.5. The molecule has 6 rings (SSSR count). The lowest BCUT2D eigenvalue weighted by Crippen LogP contribution is -2.54. The fourth-order valence-corrected chi connectivity index (χ4v) is 7.76. The second-order valence-corrected chi connectivity index (χ2v) is 15.6. The number of methoxy groups -OCH3 is 1. The molecule has 20 heteroatoms. The first-order chi connectivity index (χ1) is 30.9. The number of piperidine rings is 1. The molecule has 3 aromatic rings. The minimum absolute atomic E-state index is 0.00447. The number of ether oxygens (including phenoxy) is 4. The van der Waals surface area contributed by atoms with Crippen LogP contribution >= 0.6 is 0 Å². The first-order valence-corrected chi connectivity index (χ1v) is 21.6. The number of amides is 6. The molecule has 0 saturated carbocycles. The van der Waals surface area contributed by atoms with Gasteiger partial charge in [-0.1, -0.05) is 13.0 Å². The molecule has 1 fully saturated rings. The molecule has 2 atom stereocenters. The Hall–Kier alpha value is -6.22. The van der Waals surface area contributed by atoms with E-state index in [2.05, 4.69) is 31.6 Å². The van der Waals surface area contributed by atoms with Crippen LogP contribution in [0.15, 0.2) is 42.6 Å². The van der Waals surface area contributed by atoms with Gasteiger partial charge in [0.25, 0.3) is 11.8 Å². The van der Waals surface area contributed by atoms with Gasteiger partial charge in [-0.25, -0.2) is 4.98 Å². The van der Waals surface area contributed by atoms with E-state index in [9.17, 15) is 28.8 Å². The van der Waals surface area contributed by atoms with Gasteiger partial charge in [0.1, 0.15) is 23.5 Å². The van der Waals surface area contributed by atoms with Gasteiger partial charge in [0, 0.05) is 74.5 Å². The van der Waals surface area contributed by atoms with Crippen molar-refractivity contribution in [1.82, 2.24) is 30.8 Å². The van der Waals surface area contributed by atoms with Gasteiger partial charge in [-0.05, 0) is 57.0 Å². The molecule has 0 radical (unpaired) electrons. The number of likely N-dealkylation sites (N-methyl/N-ethyl adjacent to an activating group) is 1. The van der Waals surface area contributed by atoms with Crippen molar-refractivity contribution in [2.24, 2.45) is 0 Å². The fraction of sp³-hybridized carbons (Fsp3) is 0.500. The van der Waals surface area contributed by atoms with Gasteiger partial charge in [-0.15, -0.1) is 0 Å². The first kappa shape index (κ1) is 47.3. The van der Waals surface area contributed by atoms with Crippen LogP contribution in [0.5, 0.6) is 5.75 Å². The number of anilines is 5. The number of fused-ring (bicyclic) bond motifs is 2. The molecule has 1 aromatic heterocycles. The molecular formula is C44H58N10O10. The Morgan fingerprint density at radius 2 is 1.67 bits per heavy atom. The largest absolute Gasteiger partial charge is 0.495 e. The SMILES string of the molecule is CC[C@@H]1C(=O)N(C)c2cnc(Nc3ccc(C(=O)NCCOCCOCCOCCNCCC(=O)Nc4cccc5c4CN(C4CCC(=O)NC4=O)C5=O)cc3OC)nc2N1C(C)C. The number of benzene rings is 2. The maximum Gasteiger partial charge on any atom is 0.255 e. The predicted octanol–water partition coefficient (Wildman–Crippen LogP) is 2.36. The molecule has 4 heterocycles. The summed E-state index contributed by atoms with van der Waals surface area (Å²) in [6.45, 7) is 9.67. The van der Waals surface area contributed by atoms with Crippen LogP contribution in [-0.2, 0) is 39.9 Å². The second kappa shape index (κ2) is 22.4. The van der Waals surface area contributed by atoms with E-state index in [1.165, 1.54) is 12.0 Å². The number of hydrogen-bond donors (Lipinski definition) is 5. The van der Waals surface area contributed by atoms with E-state index in [1.54, 1.807) is 54.5 Å². The van der Waals surface area contributed by atoms with Crippen molar-refractivity contribution < 1.29 is 47.7 Å². The molecular weight excluding hydrogens is 829 g/mol. The Kier molecular flexibility index (Phi) is 16.6. The van der Waals surface area contributed by atoms with Gasteiger partial charge < -0.3 is 54.9 Å². The van der Waals surface area contributed by atoms with Crippen LogP contribution < -0.4 is 41.1 Å². The normalized spacial score (nSPS) is 17.1. The highest BCUT2D eigenvalue weighted by Gasteiger charge is 2.40. The first-order valence-electron chi connectivity index (χ1n) is 21.6. The summed E-state index contributed by atoms with van der Waals surface area (Å²) in [6, 6.07) is 9.11. The van der Waals surface area contributed by atoms with E-state index < -0.39 is 11.9 Å². The van der Waals surface area contributed by atoms with E-state index in [0.717, 1.165) is 0 Å². The second-order valence-electron chi connectivity index (χ2n) is 15.6. The van der Waals surface area contributed by atoms with E-state index in [1.807, 2.05) is 25.7 Å². The summed E-state index contributed by atoms with van der Waals surface area (Å²) in [7, 11) is 3.25. The molecule has 3 aliphatic heterocycles. The molecule has 3 aliphatic rings. The quantitative estimate of drug-likeness (QED) is 0.0680. The number of nitrogens with one attached hydrogen (secondary N) is 5. The molecule has 1 saturated heterocycles. The molecule has 0 spiro atoms. The van der Waals surface area contributed by atoms with Crippen molar-refractivity contribution >= 4 is 64.3 Å². The molecule has 0 bridgehead atoms. The lowest BCUT2D eigenvalue weighted by molar-refractivity contribution is -0.137. The Labute approximate surface area is 372 Å². The number of imide groups is 1. The van der Waals surface area contributed by atoms with Crippen LogP contribution in [0.2, 0.25) is 0 Å². The minimum atomic E-state index is -0.726. The van der Waals surface area contributed by atoms with Gasteiger partial charge in [-0.2, -0.15) is 4.98 Å². The maximum atomic E-state index is 13.0. The zero-order valence-electron chi connectivity index (χ0n) is 37.0. The summed E-state index contributed by atoms with van der Waals surface area (Å²) in [5.41, 5.74) is 3.22. The molecule has 0 aliphatic carbocycles. The van der Waals surface area contributed by atoms with Crippen LogP contribution in [0, 0.1) is 0 Å². The van der Waals surface area contributed by atoms with Crippen molar-refractivity contribution in [2.45, 2.75) is 71.1 Å². The summed E-state index contributed by atoms with van der Waals surface area (Å²) in [6.07, 6.45) is 2.91. The molecule has 64 heavy (non-hydrogen) atoms. The van der Waals surface area contributed by atoms with Crippen molar-refractivity contribution in [2.75, 3.05) is 93.9 Å². The van der Waals surface area contributed by atoms with Crippen molar-refractivity contribution in [3.05, 3.63) is 59.3 Å². The lowest BCUT2D eigenvalue weighted by Gasteiger charge is -2.42. The third-order valence-corrected chi connectivity index (χ3v) is 11.0. The van der Waals surface area contributed by atoms with Crippen LogP contribution in [0.4, 0.5) is 28.8 Å². The third kappa shape index (κ3) is 11.5. The van der Waals surface area contributed by atoms with E-state index in [0.29, 0.717) is 117 Å². The van der Waals surface area contributed by atoms with Crippen LogP contribution in [-0.4, -0.2) is 142 Å². The molecule has 5 N–H and O–H groups in total. The van der Waals surface area contributed by atoms with E-state index in [-0.39, 0.29) is 67.4 Å². The van der Waals surface area contributed by atoms with Crippen LogP contribution in [0.1, 0.15) is 72.7 Å². The predicted molar refractivity (Wildman–Crippen MR) is 237 cm³/mol. The highest BCUT2D eigenvalue weighted by Crippen LogP contribution is 2.37. The molecule has 1 unspecified atom stereocenters. The zero-order chi connectivity index (χ0) is 45.8. The number of rotatable bonds is 23. The molecule has 344 valence electrons. The summed E-state index contributed by atoms with van der Waals surface area (Å²) in [5, 5.41) is 14.4. The summed E-state index contributed by atoms with van der Waals surface area (Å²) in [4.78, 5) is 89.8. The number of hydrogen-bond acceptors (Lipinski definition) is 15. The van der Waals surface area contributed by atoms with Crippen molar-refractivity contribution in [3.63, 3.8) is 0 Å². The average molecular weight is 887 g/mol. The molecule has 2 aromatic carbocycles. The number of carbonyl (C=O) groups is 6. The van der Waals surface area contributed by atoms with Crippen LogP contribution in [0.25, 0.3) is 0 Å². The maximum absolute atomic E-state index is 13.0. The Balaban J connectivity index is 0.796. The van der Waals surface area contributed by atoms with Gasteiger partial charge in [0.05, 0.1) is 58.6 Å². The smallest absolute Gasteiger partial charge is 0.255 e. The van der Waals surface area contributed by atoms with Gasteiger partial charge in [0.2, 0.25) is 29.6 Å². The standard InChI is InChI=1S/C44H58N10O10/c1-6-33-43(60)52(4)35-25-47-44(51-39(35)54(33)27(2)3)49-32-11-10-28(24-36(32)61-5)40(57)46-17-19-63-21-23-64-22-20-62-18-16-45-15-14-38(56)48-31-9-7-8-29-30(31)26-53(42(29)59)34-12-13-37(55)50-41(34)58/h7-11,24-25,27,33-34,45H,6,12-23,26H2,1-5H3,(H,46,57)(H,48,56)(H,47,49,51)(H,50,55,58)/t33-,34?/m1/s1. The van der Waals surface area contributed by atoms with Crippen LogP contribution in [0.3, 0.4) is 0 Å². The van der Waals surface area contributed by atoms with Gasteiger partial charge in [0.15, 0.2) is 5.82 Å². The topological polar surface area (TPSA) is 235 Å². The summed E-state index contributed by atoms with van der Waals surface area (Å²) < 4.78 is 22.3. The minimum Gasteiger partial charge on any atom is -0.495 e. The summed E-state index contributed by atoms with van der Waals surface area (Å²) in [5.74, 6) is -0.205. The average Bonchev–Trinajstić information content (AvgIpc) is 3.62. The fourth-order valence-electron chi connectivity index (χ4n) is 7.76. The third-order valence-electron chi connectivity index (χ3n) is 11.0. The monoisotopic (exact) mass is 886 g/mol. The number of nitrogens with zero attached hydrogens (tertiary/aromatic N) is 5. The van der Waals surface area contributed by atoms with E-state index in [4.69, 9.17) is 23.9 Å². The molecule has 6 amide bonds. The lowest BCUT2D eigenvalue weighted by atomic mass is 10.0. The van der Waals surface area contributed by atoms with E-state index >= 15 is 0 Å². The van der Waals surface area contributed by atoms with Gasteiger partial charge >= 0.3 is 0 Å². The number of carbonyl (C=O) groups excluding carboxylic acids is 6. The van der Waals surface area contributed by atoms with Crippen molar-refractivity contribution in [3.8, 4) is 5.75 Å². The highest BCUT2D eigenvalue weighted by molar-refractivity contribution is 6.07. The van der Waals surface area contributed by atoms with Crippen molar-refractivity contribution in [1.29, 1.82) is 0 Å². The Bertz CT molecular complexity index is 2190.